The normalized spacial score (nSPS) is 14.1. The molecule has 1 aromatic carbocycles. The number of hydrogen-bond donors (Lipinski definition) is 2. The summed E-state index contributed by atoms with van der Waals surface area (Å²) in [5, 5.41) is 17.3. The van der Waals surface area contributed by atoms with Crippen LogP contribution in [-0.2, 0) is 11.3 Å². The van der Waals surface area contributed by atoms with Crippen LogP contribution in [0.4, 0.5) is 10.8 Å². The molecule has 1 amide bonds. The number of carbonyl (C=O) groups excluding carboxylic acids is 1. The molecule has 3 aromatic rings. The van der Waals surface area contributed by atoms with Crippen LogP contribution in [-0.4, -0.2) is 58.4 Å². The highest BCUT2D eigenvalue weighted by molar-refractivity contribution is 7.99. The first kappa shape index (κ1) is 27.3. The summed E-state index contributed by atoms with van der Waals surface area (Å²) in [6, 6.07) is 12.1. The zero-order valence-corrected chi connectivity index (χ0v) is 23.5. The van der Waals surface area contributed by atoms with Crippen molar-refractivity contribution >= 4 is 39.8 Å². The van der Waals surface area contributed by atoms with E-state index in [1.54, 1.807) is 11.3 Å². The summed E-state index contributed by atoms with van der Waals surface area (Å²) < 4.78 is 7.60. The van der Waals surface area contributed by atoms with Crippen molar-refractivity contribution in [1.29, 1.82) is 0 Å². The molecule has 3 heterocycles. The van der Waals surface area contributed by atoms with E-state index < -0.39 is 0 Å². The second-order valence-corrected chi connectivity index (χ2v) is 11.2. The lowest BCUT2D eigenvalue weighted by molar-refractivity contribution is -0.125. The van der Waals surface area contributed by atoms with Crippen molar-refractivity contribution in [3.63, 3.8) is 0 Å². The van der Waals surface area contributed by atoms with E-state index in [1.807, 2.05) is 55.2 Å². The number of anilines is 2. The molecule has 2 aromatic heterocycles. The van der Waals surface area contributed by atoms with E-state index in [0.717, 1.165) is 72.0 Å². The monoisotopic (exact) mass is 542 g/mol. The van der Waals surface area contributed by atoms with Gasteiger partial charge in [-0.3, -0.25) is 9.36 Å². The highest BCUT2D eigenvalue weighted by atomic mass is 32.2. The molecule has 0 bridgehead atoms. The van der Waals surface area contributed by atoms with E-state index >= 15 is 0 Å². The third-order valence-corrected chi connectivity index (χ3v) is 8.59. The van der Waals surface area contributed by atoms with Gasteiger partial charge in [-0.1, -0.05) is 18.3 Å². The van der Waals surface area contributed by atoms with Crippen molar-refractivity contribution in [2.45, 2.75) is 46.1 Å². The number of carbonyl (C=O) groups is 1. The van der Waals surface area contributed by atoms with Gasteiger partial charge in [0.2, 0.25) is 16.2 Å². The van der Waals surface area contributed by atoms with Gasteiger partial charge in [0.1, 0.15) is 5.75 Å². The van der Waals surface area contributed by atoms with Gasteiger partial charge in [-0.15, -0.1) is 10.2 Å². The Hall–Kier alpha value is -2.72. The number of hydrogen-bond acceptors (Lipinski definition) is 8. The molecular formula is C27H38N6O2S2. The van der Waals surface area contributed by atoms with Crippen LogP contribution in [0.2, 0.25) is 0 Å². The second kappa shape index (κ2) is 14.3. The van der Waals surface area contributed by atoms with Crippen LogP contribution in [0, 0.1) is 5.92 Å². The van der Waals surface area contributed by atoms with Crippen molar-refractivity contribution < 1.29 is 9.53 Å². The maximum atomic E-state index is 12.6. The Bertz CT molecular complexity index is 1090. The van der Waals surface area contributed by atoms with Crippen LogP contribution in [0.25, 0.3) is 5.13 Å². The third kappa shape index (κ3) is 7.88. The number of piperidine rings is 1. The van der Waals surface area contributed by atoms with Crippen molar-refractivity contribution in [2.24, 2.45) is 5.92 Å². The van der Waals surface area contributed by atoms with Crippen molar-refractivity contribution in [3.8, 4) is 10.9 Å². The maximum Gasteiger partial charge on any atom is 0.223 e. The van der Waals surface area contributed by atoms with Gasteiger partial charge in [0.15, 0.2) is 0 Å². The number of ether oxygens (including phenoxy) is 1. The largest absolute Gasteiger partial charge is 0.494 e. The Labute approximate surface area is 228 Å². The molecule has 200 valence electrons. The number of thioether (sulfide) groups is 1. The Morgan fingerprint density at radius 1 is 1.11 bits per heavy atom. The number of benzene rings is 1. The lowest BCUT2D eigenvalue weighted by Gasteiger charge is -2.30. The van der Waals surface area contributed by atoms with Crippen LogP contribution >= 0.6 is 23.1 Å². The van der Waals surface area contributed by atoms with E-state index in [-0.39, 0.29) is 11.8 Å². The number of rotatable bonds is 14. The smallest absolute Gasteiger partial charge is 0.223 e. The van der Waals surface area contributed by atoms with Crippen LogP contribution < -0.4 is 20.3 Å². The zero-order valence-electron chi connectivity index (χ0n) is 21.8. The molecule has 2 N–H and O–H groups in total. The summed E-state index contributed by atoms with van der Waals surface area (Å²) in [6.45, 7) is 7.96. The predicted molar refractivity (Wildman–Crippen MR) is 154 cm³/mol. The first-order valence-corrected chi connectivity index (χ1v) is 15.2. The van der Waals surface area contributed by atoms with Gasteiger partial charge in [0.05, 0.1) is 13.2 Å². The minimum atomic E-state index is 0.0941. The molecule has 0 radical (unpaired) electrons. The van der Waals surface area contributed by atoms with Gasteiger partial charge < -0.3 is 20.3 Å². The highest BCUT2D eigenvalue weighted by Gasteiger charge is 2.26. The van der Waals surface area contributed by atoms with Gasteiger partial charge in [-0.05, 0) is 80.5 Å². The molecule has 4 rings (SSSR count). The van der Waals surface area contributed by atoms with Crippen LogP contribution in [0.5, 0.6) is 5.75 Å². The molecule has 0 unspecified atom stereocenters. The summed E-state index contributed by atoms with van der Waals surface area (Å²) in [6.07, 6.45) is 5.98. The second-order valence-electron chi connectivity index (χ2n) is 9.07. The summed E-state index contributed by atoms with van der Waals surface area (Å²) in [5.41, 5.74) is 2.15. The first-order valence-electron chi connectivity index (χ1n) is 13.2. The summed E-state index contributed by atoms with van der Waals surface area (Å²) in [5.74, 6) is 3.49. The Balaban J connectivity index is 1.25. The molecule has 10 heteroatoms. The maximum absolute atomic E-state index is 12.6. The average molecular weight is 543 g/mol. The molecule has 0 spiro atoms. The van der Waals surface area contributed by atoms with Gasteiger partial charge >= 0.3 is 0 Å². The van der Waals surface area contributed by atoms with E-state index in [2.05, 4.69) is 43.3 Å². The molecular weight excluding hydrogens is 504 g/mol. The average Bonchev–Trinajstić information content (AvgIpc) is 3.60. The molecule has 37 heavy (non-hydrogen) atoms. The lowest BCUT2D eigenvalue weighted by atomic mass is 9.96. The first-order chi connectivity index (χ1) is 18.2. The topological polar surface area (TPSA) is 84.3 Å². The molecule has 1 aliphatic heterocycles. The van der Waals surface area contributed by atoms with Crippen molar-refractivity contribution in [3.05, 3.63) is 48.3 Å². The minimum Gasteiger partial charge on any atom is -0.494 e. The molecule has 8 nitrogen and oxygen atoms in total. The van der Waals surface area contributed by atoms with Crippen LogP contribution in [0.1, 0.15) is 45.2 Å². The van der Waals surface area contributed by atoms with Gasteiger partial charge in [-0.2, -0.15) is 11.8 Å². The van der Waals surface area contributed by atoms with E-state index in [0.29, 0.717) is 13.2 Å². The van der Waals surface area contributed by atoms with E-state index in [1.165, 1.54) is 12.2 Å². The molecule has 0 saturated carbocycles. The highest BCUT2D eigenvalue weighted by Crippen LogP contribution is 2.29. The van der Waals surface area contributed by atoms with Crippen LogP contribution in [0.3, 0.4) is 0 Å². The summed E-state index contributed by atoms with van der Waals surface area (Å²) in [7, 11) is 0. The Morgan fingerprint density at radius 3 is 2.65 bits per heavy atom. The third-order valence-electron chi connectivity index (χ3n) is 6.33. The predicted octanol–water partition coefficient (Wildman–Crippen LogP) is 5.21. The molecule has 1 saturated heterocycles. The number of amides is 1. The van der Waals surface area contributed by atoms with Gasteiger partial charge in [0, 0.05) is 43.1 Å². The quantitative estimate of drug-likeness (QED) is 0.271. The summed E-state index contributed by atoms with van der Waals surface area (Å²) >= 11 is 3.56. The number of nitrogens with zero attached hydrogens (tertiary/aromatic N) is 4. The Kier molecular flexibility index (Phi) is 10.5. The number of aromatic nitrogens is 3. The van der Waals surface area contributed by atoms with E-state index in [9.17, 15) is 4.79 Å². The molecule has 0 aliphatic carbocycles. The Morgan fingerprint density at radius 2 is 1.89 bits per heavy atom. The van der Waals surface area contributed by atoms with E-state index in [4.69, 9.17) is 4.74 Å². The van der Waals surface area contributed by atoms with Gasteiger partial charge in [0.25, 0.3) is 0 Å². The SMILES string of the molecule is CCCSCCCNC(=O)C1CCN(c2nnc(-n3cccc3CNc3ccc(OCC)cc3)s2)CC1. The standard InChI is InChI=1S/C27H38N6O2S2/c1-3-18-36-19-6-14-28-25(34)21-12-16-32(17-13-21)26-30-31-27(37-26)33-15-5-7-23(33)20-29-22-8-10-24(11-9-22)35-4-2/h5,7-11,15,21,29H,3-4,6,12-14,16-20H2,1-2H3,(H,28,34). The fourth-order valence-electron chi connectivity index (χ4n) is 4.32. The van der Waals surface area contributed by atoms with Crippen molar-refractivity contribution in [2.75, 3.05) is 48.0 Å². The fourth-order valence-corrected chi connectivity index (χ4v) is 6.07. The van der Waals surface area contributed by atoms with Crippen molar-refractivity contribution in [1.82, 2.24) is 20.1 Å². The molecule has 0 atom stereocenters. The lowest BCUT2D eigenvalue weighted by Crippen LogP contribution is -2.40. The summed E-state index contributed by atoms with van der Waals surface area (Å²) in [4.78, 5) is 14.8. The molecule has 1 aliphatic rings. The number of nitrogens with one attached hydrogen (secondary N) is 2. The van der Waals surface area contributed by atoms with Gasteiger partial charge in [-0.25, -0.2) is 0 Å². The zero-order chi connectivity index (χ0) is 25.9. The molecule has 1 fully saturated rings. The van der Waals surface area contributed by atoms with Crippen LogP contribution in [0.15, 0.2) is 42.6 Å². The fraction of sp³-hybridized carbons (Fsp3) is 0.519. The minimum absolute atomic E-state index is 0.0941.